The molecule has 3 saturated heterocycles. The Morgan fingerprint density at radius 3 is 2.29 bits per heavy atom. The van der Waals surface area contributed by atoms with E-state index in [0.717, 1.165) is 12.5 Å². The minimum Gasteiger partial charge on any atom is -0.492 e. The van der Waals surface area contributed by atoms with Crippen LogP contribution in [-0.4, -0.2) is 121 Å². The Morgan fingerprint density at radius 1 is 0.961 bits per heavy atom. The molecule has 0 unspecified atom stereocenters. The Morgan fingerprint density at radius 2 is 1.65 bits per heavy atom. The first kappa shape index (κ1) is 36.1. The monoisotopic (exact) mass is 737 g/mol. The van der Waals surface area contributed by atoms with Gasteiger partial charge in [-0.15, -0.1) is 0 Å². The molecule has 4 saturated carbocycles. The zero-order valence-electron chi connectivity index (χ0n) is 29.7. The zero-order valence-corrected chi connectivity index (χ0v) is 30.5. The number of methoxy groups -OCH3 is 1. The lowest BCUT2D eigenvalue weighted by Gasteiger charge is -2.68. The van der Waals surface area contributed by atoms with Crippen molar-refractivity contribution in [3.63, 3.8) is 0 Å². The summed E-state index contributed by atoms with van der Waals surface area (Å²) in [6.45, 7) is 7.45. The molecule has 7 aliphatic rings. The van der Waals surface area contributed by atoms with Crippen molar-refractivity contribution < 1.29 is 62.6 Å². The third kappa shape index (κ3) is 4.14. The lowest BCUT2D eigenvalue weighted by Crippen LogP contribution is -2.85. The molecule has 4 aliphatic carbocycles. The SMILES string of the molecule is COc1c(OC(C)=O)ccc(S(=O)(=O)O)c1[C@@H]1CC[C@@]2(C)[C@@H]3CC[C@H]4[C@@]5(O)C[C@H](O)[C@]6(O)[C@@H](CN7C[C@@H](C)CC[C@H]7[C@@]6(C)O)[C@@]5(O)C[C@@]42O[C@@]31O. The fraction of sp³-hybridized carbons (Fsp3) is 0.806. The van der Waals surface area contributed by atoms with Gasteiger partial charge in [-0.25, -0.2) is 0 Å². The minimum absolute atomic E-state index is 0.111. The molecule has 7 fully saturated rings. The first-order valence-electron chi connectivity index (χ1n) is 18.2. The van der Waals surface area contributed by atoms with Gasteiger partial charge in [-0.2, -0.15) is 8.42 Å². The number of hydrogen-bond acceptors (Lipinski definition) is 13. The maximum Gasteiger partial charge on any atom is 0.308 e. The van der Waals surface area contributed by atoms with Gasteiger partial charge in [-0.3, -0.25) is 14.2 Å². The van der Waals surface area contributed by atoms with E-state index in [1.807, 2.05) is 6.92 Å². The number of aliphatic hydroxyl groups excluding tert-OH is 1. The van der Waals surface area contributed by atoms with Crippen molar-refractivity contribution in [2.45, 2.75) is 136 Å². The van der Waals surface area contributed by atoms with Gasteiger partial charge in [0, 0.05) is 73.5 Å². The average molecular weight is 738 g/mol. The normalized spacial score (nSPS) is 51.6. The summed E-state index contributed by atoms with van der Waals surface area (Å²) < 4.78 is 54.0. The summed E-state index contributed by atoms with van der Waals surface area (Å²) in [5.74, 6) is -6.58. The summed E-state index contributed by atoms with van der Waals surface area (Å²) in [7, 11) is -3.65. The molecule has 1 aromatic rings. The van der Waals surface area contributed by atoms with Crippen LogP contribution >= 0.6 is 0 Å². The number of carbonyl (C=O) groups excluding carboxylic acids is 1. The summed E-state index contributed by atoms with van der Waals surface area (Å²) in [6, 6.07) is 1.81. The highest BCUT2D eigenvalue weighted by molar-refractivity contribution is 7.85. The molecule has 0 amide bonds. The Hall–Kier alpha value is -1.92. The van der Waals surface area contributed by atoms with Crippen molar-refractivity contribution >= 4 is 16.1 Å². The smallest absolute Gasteiger partial charge is 0.308 e. The van der Waals surface area contributed by atoms with E-state index in [0.29, 0.717) is 31.7 Å². The lowest BCUT2D eigenvalue weighted by atomic mass is 9.48. The number of aliphatic hydroxyl groups is 6. The molecule has 1 aromatic carbocycles. The molecule has 1 spiro atoms. The number of hydrogen-bond donors (Lipinski definition) is 7. The van der Waals surface area contributed by atoms with Gasteiger partial charge >= 0.3 is 5.97 Å². The van der Waals surface area contributed by atoms with Crippen molar-refractivity contribution in [3.05, 3.63) is 17.7 Å². The maximum atomic E-state index is 13.1. The van der Waals surface area contributed by atoms with Crippen molar-refractivity contribution in [1.29, 1.82) is 0 Å². The van der Waals surface area contributed by atoms with Gasteiger partial charge in [0.05, 0.1) is 18.8 Å². The van der Waals surface area contributed by atoms with Crippen LogP contribution in [0.1, 0.15) is 90.5 Å². The predicted octanol–water partition coefficient (Wildman–Crippen LogP) is 1.08. The first-order chi connectivity index (χ1) is 23.6. The van der Waals surface area contributed by atoms with Gasteiger partial charge < -0.3 is 44.8 Å². The second-order valence-corrected chi connectivity index (χ2v) is 18.8. The highest BCUT2D eigenvalue weighted by atomic mass is 32.2. The van der Waals surface area contributed by atoms with Crippen LogP contribution in [0.2, 0.25) is 0 Å². The van der Waals surface area contributed by atoms with E-state index < -0.39 is 102 Å². The standard InChI is InChI=1S/C36H51NO13S/c1-18-6-11-26-31(4,40)35(43)25(16-37(26)15-18)33(42)17-34-24(32(33,41)14-27(35)39)10-9-23-30(34,3)13-12-20(36(23,44)50-34)28-22(51(45,46)47)8-7-21(29(28)48-5)49-19(2)38/h7-8,18,20,23-27,39-44H,6,9-17H2,1-5H3,(H,45,46,47)/t18-,20-,23-,24-,25-,26-,27-,30-,31+,32-,33-,34+,35+,36+/m0/s1. The molecule has 4 bridgehead atoms. The number of ether oxygens (including phenoxy) is 3. The molecule has 0 radical (unpaired) electrons. The number of esters is 1. The fourth-order valence-electron chi connectivity index (χ4n) is 13.3. The number of piperidine rings is 2. The molecule has 15 heteroatoms. The van der Waals surface area contributed by atoms with Gasteiger partial charge in [-0.05, 0) is 63.5 Å². The van der Waals surface area contributed by atoms with Gasteiger partial charge in [-0.1, -0.05) is 13.8 Å². The lowest BCUT2D eigenvalue weighted by molar-refractivity contribution is -0.354. The Bertz CT molecular complexity index is 1790. The van der Waals surface area contributed by atoms with E-state index in [1.54, 1.807) is 0 Å². The van der Waals surface area contributed by atoms with E-state index in [4.69, 9.17) is 14.2 Å². The molecular formula is C36H51NO13S. The number of benzene rings is 1. The molecule has 14 atom stereocenters. The Labute approximate surface area is 297 Å². The summed E-state index contributed by atoms with van der Waals surface area (Å²) in [5.41, 5.74) is -10.5. The molecule has 284 valence electrons. The molecule has 3 heterocycles. The number of fused-ring (bicyclic) bond motifs is 5. The number of carbonyl (C=O) groups is 1. The largest absolute Gasteiger partial charge is 0.492 e. The average Bonchev–Trinajstić information content (AvgIpc) is 3.19. The van der Waals surface area contributed by atoms with Crippen LogP contribution in [-0.2, 0) is 19.6 Å². The van der Waals surface area contributed by atoms with E-state index in [9.17, 15) is 48.4 Å². The summed E-state index contributed by atoms with van der Waals surface area (Å²) in [6.07, 6.45) is 0.229. The Balaban J connectivity index is 1.27. The topological polar surface area (TPSA) is 224 Å². The van der Waals surface area contributed by atoms with E-state index in [-0.39, 0.29) is 42.9 Å². The molecule has 7 N–H and O–H groups in total. The van der Waals surface area contributed by atoms with Crippen LogP contribution in [0, 0.1) is 29.1 Å². The van der Waals surface area contributed by atoms with Crippen molar-refractivity contribution in [3.8, 4) is 11.5 Å². The zero-order chi connectivity index (χ0) is 37.1. The molecule has 14 nitrogen and oxygen atoms in total. The highest BCUT2D eigenvalue weighted by Gasteiger charge is 2.88. The fourth-order valence-corrected chi connectivity index (χ4v) is 14.0. The molecule has 3 aliphatic heterocycles. The third-order valence-corrected chi connectivity index (χ3v) is 16.2. The maximum absolute atomic E-state index is 13.1. The number of rotatable bonds is 4. The van der Waals surface area contributed by atoms with Crippen molar-refractivity contribution in [2.24, 2.45) is 29.1 Å². The van der Waals surface area contributed by atoms with Gasteiger partial charge in [0.1, 0.15) is 27.3 Å². The molecule has 8 rings (SSSR count). The summed E-state index contributed by atoms with van der Waals surface area (Å²) >= 11 is 0. The van der Waals surface area contributed by atoms with Crippen LogP contribution in [0.15, 0.2) is 17.0 Å². The van der Waals surface area contributed by atoms with E-state index in [2.05, 4.69) is 11.8 Å². The second-order valence-electron chi connectivity index (χ2n) is 17.4. The Kier molecular flexibility index (Phi) is 7.53. The van der Waals surface area contributed by atoms with Crippen LogP contribution in [0.4, 0.5) is 0 Å². The quantitative estimate of drug-likeness (QED) is 0.131. The van der Waals surface area contributed by atoms with Gasteiger partial charge in [0.15, 0.2) is 17.3 Å². The van der Waals surface area contributed by atoms with Crippen molar-refractivity contribution in [2.75, 3.05) is 20.2 Å². The first-order valence-corrected chi connectivity index (χ1v) is 19.6. The second kappa shape index (κ2) is 10.6. The van der Waals surface area contributed by atoms with Crippen LogP contribution in [0.5, 0.6) is 11.5 Å². The highest BCUT2D eigenvalue weighted by Crippen LogP contribution is 2.79. The van der Waals surface area contributed by atoms with Gasteiger partial charge in [0.25, 0.3) is 10.1 Å². The van der Waals surface area contributed by atoms with Crippen LogP contribution in [0.25, 0.3) is 0 Å². The molecule has 0 aromatic heterocycles. The molecule has 51 heavy (non-hydrogen) atoms. The van der Waals surface area contributed by atoms with E-state index in [1.165, 1.54) is 27.0 Å². The van der Waals surface area contributed by atoms with E-state index >= 15 is 0 Å². The van der Waals surface area contributed by atoms with Gasteiger partial charge in [0.2, 0.25) is 0 Å². The third-order valence-electron chi connectivity index (χ3n) is 15.3. The minimum atomic E-state index is -4.90. The van der Waals surface area contributed by atoms with Crippen LogP contribution in [0.3, 0.4) is 0 Å². The molecular weight excluding hydrogens is 686 g/mol. The summed E-state index contributed by atoms with van der Waals surface area (Å²) in [4.78, 5) is 13.5. The number of nitrogens with zero attached hydrogens (tertiary/aromatic N) is 1. The summed E-state index contributed by atoms with van der Waals surface area (Å²) in [5, 5.41) is 75.6. The van der Waals surface area contributed by atoms with Crippen molar-refractivity contribution in [1.82, 2.24) is 4.90 Å². The predicted molar refractivity (Wildman–Crippen MR) is 177 cm³/mol. The van der Waals surface area contributed by atoms with Crippen LogP contribution < -0.4 is 9.47 Å².